The highest BCUT2D eigenvalue weighted by Gasteiger charge is 2.44. The number of nitrogens with zero attached hydrogens (tertiary/aromatic N) is 1. The number of carbonyl (C=O) groups excluding carboxylic acids is 2. The van der Waals surface area contributed by atoms with Gasteiger partial charge in [0.05, 0.1) is 5.69 Å². The first-order valence-corrected chi connectivity index (χ1v) is 11.5. The molecule has 2 aliphatic rings. The number of nitrogens with one attached hydrogen (secondary N) is 1. The number of para-hydroxylation sites is 1. The van der Waals surface area contributed by atoms with Gasteiger partial charge in [-0.05, 0) is 23.8 Å². The van der Waals surface area contributed by atoms with E-state index in [1.54, 1.807) is 0 Å². The van der Waals surface area contributed by atoms with Gasteiger partial charge >= 0.3 is 12.1 Å². The van der Waals surface area contributed by atoms with Crippen LogP contribution in [0.25, 0.3) is 0 Å². The fourth-order valence-corrected chi connectivity index (χ4v) is 4.52. The van der Waals surface area contributed by atoms with Crippen molar-refractivity contribution in [2.24, 2.45) is 0 Å². The Morgan fingerprint density at radius 3 is 2.58 bits per heavy atom. The van der Waals surface area contributed by atoms with Gasteiger partial charge in [0, 0.05) is 51.9 Å². The topological polar surface area (TPSA) is 97.3 Å². The second-order valence-electron chi connectivity index (χ2n) is 9.07. The molecule has 2 N–H and O–H groups in total. The van der Waals surface area contributed by atoms with Gasteiger partial charge in [0.25, 0.3) is 0 Å². The molecule has 2 aromatic carbocycles. The van der Waals surface area contributed by atoms with E-state index in [0.29, 0.717) is 25.9 Å². The van der Waals surface area contributed by atoms with Crippen LogP contribution in [0.3, 0.4) is 0 Å². The van der Waals surface area contributed by atoms with Crippen molar-refractivity contribution < 1.29 is 42.1 Å². The van der Waals surface area contributed by atoms with Crippen LogP contribution in [0.4, 0.5) is 18.9 Å². The van der Waals surface area contributed by atoms with Crippen LogP contribution in [0.15, 0.2) is 42.5 Å². The zero-order valence-electron chi connectivity index (χ0n) is 19.6. The molecule has 2 heterocycles. The van der Waals surface area contributed by atoms with Crippen molar-refractivity contribution in [3.8, 4) is 17.2 Å². The maximum absolute atomic E-state index is 12.9. The van der Waals surface area contributed by atoms with Gasteiger partial charge in [-0.2, -0.15) is 13.2 Å². The van der Waals surface area contributed by atoms with E-state index in [9.17, 15) is 27.9 Å². The Labute approximate surface area is 205 Å². The molecule has 0 aromatic heterocycles. The van der Waals surface area contributed by atoms with Crippen LogP contribution in [0.2, 0.25) is 0 Å². The molecular formula is C25H27F3N2O6. The Morgan fingerprint density at radius 2 is 1.92 bits per heavy atom. The quantitative estimate of drug-likeness (QED) is 0.435. The summed E-state index contributed by atoms with van der Waals surface area (Å²) >= 11 is 0. The minimum absolute atomic E-state index is 0.0130. The number of halogens is 3. The number of piperidine rings is 1. The molecule has 1 spiro atoms. The number of alkyl halides is 3. The Morgan fingerprint density at radius 1 is 1.19 bits per heavy atom. The number of rotatable bonds is 7. The van der Waals surface area contributed by atoms with E-state index in [0.717, 1.165) is 17.7 Å². The van der Waals surface area contributed by atoms with E-state index < -0.39 is 30.8 Å². The molecule has 0 radical (unpaired) electrons. The third kappa shape index (κ3) is 6.20. The Balaban J connectivity index is 1.41. The predicted octanol–water partition coefficient (Wildman–Crippen LogP) is 3.67. The van der Waals surface area contributed by atoms with E-state index >= 15 is 0 Å². The van der Waals surface area contributed by atoms with Crippen molar-refractivity contribution in [1.29, 1.82) is 0 Å². The number of fused-ring (bicyclic) bond motifs is 1. The number of aromatic hydroxyl groups is 1. The lowest BCUT2D eigenvalue weighted by atomic mass is 9.87. The van der Waals surface area contributed by atoms with Crippen LogP contribution >= 0.6 is 0 Å². The predicted molar refractivity (Wildman–Crippen MR) is 123 cm³/mol. The SMILES string of the molecule is CC(=O)Nc1ccc(O)cc1OC[C@H](CN1CCC2(CC1)Cc1ccccc1O2)OC(=O)C(F)(F)F. The molecule has 1 saturated heterocycles. The van der Waals surface area contributed by atoms with Gasteiger partial charge in [0.2, 0.25) is 5.91 Å². The summed E-state index contributed by atoms with van der Waals surface area (Å²) in [5.41, 5.74) is 1.01. The average Bonchev–Trinajstić information content (AvgIpc) is 3.17. The highest BCUT2D eigenvalue weighted by molar-refractivity contribution is 5.90. The first-order valence-electron chi connectivity index (χ1n) is 11.5. The molecule has 1 amide bonds. The van der Waals surface area contributed by atoms with Gasteiger partial charge in [0.1, 0.15) is 35.6 Å². The molecule has 11 heteroatoms. The third-order valence-corrected chi connectivity index (χ3v) is 6.25. The van der Waals surface area contributed by atoms with Gasteiger partial charge in [-0.3, -0.25) is 9.69 Å². The molecule has 8 nitrogen and oxygen atoms in total. The number of phenols is 1. The van der Waals surface area contributed by atoms with E-state index in [4.69, 9.17) is 14.2 Å². The number of hydrogen-bond acceptors (Lipinski definition) is 7. The molecule has 194 valence electrons. The summed E-state index contributed by atoms with van der Waals surface area (Å²) in [6, 6.07) is 11.8. The van der Waals surface area contributed by atoms with Gasteiger partial charge in [-0.15, -0.1) is 0 Å². The Bertz CT molecular complexity index is 1090. The molecule has 0 aliphatic carbocycles. The fourth-order valence-electron chi connectivity index (χ4n) is 4.52. The molecule has 0 bridgehead atoms. The molecule has 0 unspecified atom stereocenters. The molecule has 36 heavy (non-hydrogen) atoms. The number of likely N-dealkylation sites (tertiary alicyclic amines) is 1. The fraction of sp³-hybridized carbons (Fsp3) is 0.440. The lowest BCUT2D eigenvalue weighted by Gasteiger charge is -2.39. The Kier molecular flexibility index (Phi) is 7.30. The number of phenolic OH excluding ortho intramolecular Hbond substituents is 1. The lowest BCUT2D eigenvalue weighted by Crippen LogP contribution is -2.50. The number of amides is 1. The first-order chi connectivity index (χ1) is 17.0. The van der Waals surface area contributed by atoms with Crippen molar-refractivity contribution >= 4 is 17.6 Å². The van der Waals surface area contributed by atoms with E-state index in [1.807, 2.05) is 29.2 Å². The number of benzene rings is 2. The summed E-state index contributed by atoms with van der Waals surface area (Å²) in [6.07, 6.45) is -4.29. The zero-order valence-corrected chi connectivity index (χ0v) is 19.6. The summed E-state index contributed by atoms with van der Waals surface area (Å²) in [7, 11) is 0. The van der Waals surface area contributed by atoms with Crippen LogP contribution < -0.4 is 14.8 Å². The largest absolute Gasteiger partial charge is 0.508 e. The second-order valence-corrected chi connectivity index (χ2v) is 9.07. The van der Waals surface area contributed by atoms with Crippen molar-refractivity contribution in [1.82, 2.24) is 4.90 Å². The summed E-state index contributed by atoms with van der Waals surface area (Å²) in [6.45, 7) is 1.95. The summed E-state index contributed by atoms with van der Waals surface area (Å²) < 4.78 is 55.3. The van der Waals surface area contributed by atoms with Crippen LogP contribution in [0.5, 0.6) is 17.2 Å². The van der Waals surface area contributed by atoms with Crippen molar-refractivity contribution in [3.05, 3.63) is 48.0 Å². The second kappa shape index (κ2) is 10.3. The Hall–Kier alpha value is -3.47. The molecule has 4 rings (SSSR count). The molecule has 2 aliphatic heterocycles. The van der Waals surface area contributed by atoms with Gasteiger partial charge in [-0.1, -0.05) is 18.2 Å². The summed E-state index contributed by atoms with van der Waals surface area (Å²) in [4.78, 5) is 24.9. The van der Waals surface area contributed by atoms with Gasteiger partial charge < -0.3 is 24.6 Å². The summed E-state index contributed by atoms with van der Waals surface area (Å²) in [5.74, 6) is -1.98. The third-order valence-electron chi connectivity index (χ3n) is 6.25. The monoisotopic (exact) mass is 508 g/mol. The maximum atomic E-state index is 12.9. The number of esters is 1. The van der Waals surface area contributed by atoms with Crippen molar-refractivity contribution in [2.45, 2.75) is 44.1 Å². The average molecular weight is 508 g/mol. The van der Waals surface area contributed by atoms with Crippen LogP contribution in [0, 0.1) is 0 Å². The van der Waals surface area contributed by atoms with Crippen LogP contribution in [-0.4, -0.2) is 66.0 Å². The van der Waals surface area contributed by atoms with Crippen LogP contribution in [0.1, 0.15) is 25.3 Å². The normalized spacial score (nSPS) is 17.7. The van der Waals surface area contributed by atoms with Gasteiger partial charge in [-0.25, -0.2) is 4.79 Å². The molecule has 1 fully saturated rings. The lowest BCUT2D eigenvalue weighted by molar-refractivity contribution is -0.206. The molecule has 2 aromatic rings. The number of hydrogen-bond donors (Lipinski definition) is 2. The highest BCUT2D eigenvalue weighted by Crippen LogP contribution is 2.41. The van der Waals surface area contributed by atoms with E-state index in [-0.39, 0.29) is 29.3 Å². The molecular weight excluding hydrogens is 481 g/mol. The molecule has 1 atom stereocenters. The van der Waals surface area contributed by atoms with Crippen molar-refractivity contribution in [3.63, 3.8) is 0 Å². The van der Waals surface area contributed by atoms with E-state index in [1.165, 1.54) is 25.1 Å². The smallest absolute Gasteiger partial charge is 0.490 e. The number of anilines is 1. The van der Waals surface area contributed by atoms with E-state index in [2.05, 4.69) is 5.32 Å². The van der Waals surface area contributed by atoms with Crippen LogP contribution in [-0.2, 0) is 20.7 Å². The minimum Gasteiger partial charge on any atom is -0.508 e. The highest BCUT2D eigenvalue weighted by atomic mass is 19.4. The van der Waals surface area contributed by atoms with Gasteiger partial charge in [0.15, 0.2) is 0 Å². The number of ether oxygens (including phenoxy) is 3. The maximum Gasteiger partial charge on any atom is 0.490 e. The van der Waals surface area contributed by atoms with Crippen molar-refractivity contribution in [2.75, 3.05) is 31.6 Å². The first kappa shape index (κ1) is 25.6. The zero-order chi connectivity index (χ0) is 25.9. The number of carbonyl (C=O) groups is 2. The summed E-state index contributed by atoms with van der Waals surface area (Å²) in [5, 5.41) is 12.3. The standard InChI is InChI=1S/C25H27F3N2O6/c1-16(31)29-20-7-6-18(32)12-22(20)34-15-19(35-23(33)25(26,27)28)14-30-10-8-24(9-11-30)13-17-4-2-3-5-21(17)36-24/h2-7,12,19,32H,8-11,13-15H2,1H3,(H,29,31)/t19-/m0/s1. The molecule has 0 saturated carbocycles. The minimum atomic E-state index is -5.15.